The van der Waals surface area contributed by atoms with Gasteiger partial charge in [-0.2, -0.15) is 0 Å². The normalized spacial score (nSPS) is 11.8. The van der Waals surface area contributed by atoms with Crippen LogP contribution in [-0.2, 0) is 4.57 Å². The Morgan fingerprint density at radius 1 is 0.429 bits per heavy atom. The summed E-state index contributed by atoms with van der Waals surface area (Å²) in [5.74, 6) is 0. The SMILES string of the molecule is O=P(c1ccccc1)(c1ccccc1)c1ccc(-c2ccc(-c3nc4ccccc4c4c5ccccc5n(-c5ccccc5)c34)cc2)cc1. The van der Waals surface area contributed by atoms with Gasteiger partial charge in [0.1, 0.15) is 0 Å². The lowest BCUT2D eigenvalue weighted by Crippen LogP contribution is -2.24. The average Bonchev–Trinajstić information content (AvgIpc) is 3.54. The maximum atomic E-state index is 14.9. The Hall–Kier alpha value is -6.02. The zero-order valence-corrected chi connectivity index (χ0v) is 27.5. The summed E-state index contributed by atoms with van der Waals surface area (Å²) in [5, 5.41) is 6.05. The predicted octanol–water partition coefficient (Wildman–Crippen LogP) is 10.3. The van der Waals surface area contributed by atoms with E-state index in [4.69, 9.17) is 4.98 Å². The topological polar surface area (TPSA) is 34.9 Å². The Morgan fingerprint density at radius 2 is 0.898 bits per heavy atom. The van der Waals surface area contributed by atoms with Crippen LogP contribution in [0.1, 0.15) is 0 Å². The minimum Gasteiger partial charge on any atom is -0.309 e. The first-order chi connectivity index (χ1) is 24.2. The molecule has 9 rings (SSSR count). The highest BCUT2D eigenvalue weighted by Gasteiger charge is 2.29. The van der Waals surface area contributed by atoms with Gasteiger partial charge in [-0.25, -0.2) is 4.98 Å². The van der Waals surface area contributed by atoms with Crippen molar-refractivity contribution in [3.8, 4) is 28.1 Å². The Morgan fingerprint density at radius 3 is 1.53 bits per heavy atom. The third-order valence-corrected chi connectivity index (χ3v) is 12.6. The van der Waals surface area contributed by atoms with Gasteiger partial charge in [0.15, 0.2) is 7.14 Å². The molecule has 2 aromatic heterocycles. The first kappa shape index (κ1) is 29.1. The summed E-state index contributed by atoms with van der Waals surface area (Å²) in [6, 6.07) is 64.1. The van der Waals surface area contributed by atoms with Crippen molar-refractivity contribution in [1.82, 2.24) is 9.55 Å². The summed E-state index contributed by atoms with van der Waals surface area (Å²) in [5.41, 5.74) is 8.48. The summed E-state index contributed by atoms with van der Waals surface area (Å²) in [4.78, 5) is 5.30. The zero-order chi connectivity index (χ0) is 32.8. The van der Waals surface area contributed by atoms with Crippen LogP contribution in [0.2, 0.25) is 0 Å². The number of nitrogens with zero attached hydrogens (tertiary/aromatic N) is 2. The monoisotopic (exact) mass is 646 g/mol. The summed E-state index contributed by atoms with van der Waals surface area (Å²) in [6.07, 6.45) is 0. The van der Waals surface area contributed by atoms with Crippen molar-refractivity contribution in [3.05, 3.63) is 188 Å². The van der Waals surface area contributed by atoms with Crippen LogP contribution in [0.4, 0.5) is 0 Å². The van der Waals surface area contributed by atoms with Gasteiger partial charge in [-0.1, -0.05) is 164 Å². The summed E-state index contributed by atoms with van der Waals surface area (Å²) >= 11 is 0. The number of hydrogen-bond donors (Lipinski definition) is 0. The van der Waals surface area contributed by atoms with E-state index in [1.54, 1.807) is 0 Å². The molecular weight excluding hydrogens is 615 g/mol. The molecule has 0 amide bonds. The Kier molecular flexibility index (Phi) is 7.08. The second-order valence-electron chi connectivity index (χ2n) is 12.3. The van der Waals surface area contributed by atoms with Crippen LogP contribution >= 0.6 is 7.14 Å². The van der Waals surface area contributed by atoms with E-state index in [1.807, 2.05) is 72.8 Å². The largest absolute Gasteiger partial charge is 0.309 e. The summed E-state index contributed by atoms with van der Waals surface area (Å²) in [6.45, 7) is 0. The van der Waals surface area contributed by atoms with Crippen molar-refractivity contribution in [2.75, 3.05) is 0 Å². The van der Waals surface area contributed by atoms with Crippen molar-refractivity contribution >= 4 is 55.8 Å². The molecular formula is C45H31N2OP. The van der Waals surface area contributed by atoms with E-state index in [0.29, 0.717) is 0 Å². The van der Waals surface area contributed by atoms with Crippen LogP contribution < -0.4 is 15.9 Å². The smallest absolute Gasteiger partial charge is 0.171 e. The first-order valence-corrected chi connectivity index (χ1v) is 18.2. The standard InChI is InChI=1S/C45H31N2OP/c48-49(36-16-6-2-7-17-36,37-18-8-3-9-19-37)38-30-28-33(29-31-38)32-24-26-34(27-25-32)44-45-43(39-20-10-12-22-41(39)46-44)40-21-11-13-23-42(40)47(45)35-14-4-1-5-15-35/h1-31H. The quantitative estimate of drug-likeness (QED) is 0.169. The van der Waals surface area contributed by atoms with Crippen molar-refractivity contribution < 1.29 is 4.57 Å². The van der Waals surface area contributed by atoms with E-state index >= 15 is 0 Å². The van der Waals surface area contributed by atoms with Crippen LogP contribution in [-0.4, -0.2) is 9.55 Å². The number of fused-ring (bicyclic) bond motifs is 5. The second-order valence-corrected chi connectivity index (χ2v) is 15.1. The molecule has 2 heterocycles. The van der Waals surface area contributed by atoms with Crippen LogP contribution in [0.5, 0.6) is 0 Å². The van der Waals surface area contributed by atoms with Gasteiger partial charge >= 0.3 is 0 Å². The molecule has 0 atom stereocenters. The molecule has 232 valence electrons. The van der Waals surface area contributed by atoms with Crippen LogP contribution in [0.25, 0.3) is 60.8 Å². The van der Waals surface area contributed by atoms with Gasteiger partial charge in [0, 0.05) is 43.3 Å². The number of aromatic nitrogens is 2. The van der Waals surface area contributed by atoms with Gasteiger partial charge in [-0.05, 0) is 35.4 Å². The number of hydrogen-bond acceptors (Lipinski definition) is 2. The minimum absolute atomic E-state index is 0.821. The van der Waals surface area contributed by atoms with E-state index < -0.39 is 7.14 Å². The molecule has 49 heavy (non-hydrogen) atoms. The molecule has 0 bridgehead atoms. The fourth-order valence-electron chi connectivity index (χ4n) is 7.15. The van der Waals surface area contributed by atoms with Gasteiger partial charge < -0.3 is 9.13 Å². The summed E-state index contributed by atoms with van der Waals surface area (Å²) in [7, 11) is -3.03. The highest BCUT2D eigenvalue weighted by atomic mass is 31.2. The van der Waals surface area contributed by atoms with E-state index in [2.05, 4.69) is 120 Å². The molecule has 0 N–H and O–H groups in total. The van der Waals surface area contributed by atoms with E-state index in [0.717, 1.165) is 65.9 Å². The average molecular weight is 647 g/mol. The lowest BCUT2D eigenvalue weighted by atomic mass is 10.00. The molecule has 0 saturated heterocycles. The molecule has 0 fully saturated rings. The number of pyridine rings is 1. The van der Waals surface area contributed by atoms with Crippen molar-refractivity contribution in [1.29, 1.82) is 0 Å². The number of rotatable bonds is 6. The van der Waals surface area contributed by atoms with Crippen molar-refractivity contribution in [3.63, 3.8) is 0 Å². The highest BCUT2D eigenvalue weighted by molar-refractivity contribution is 7.85. The molecule has 4 heteroatoms. The van der Waals surface area contributed by atoms with Crippen LogP contribution in [0.15, 0.2) is 188 Å². The van der Waals surface area contributed by atoms with E-state index in [-0.39, 0.29) is 0 Å². The summed E-state index contributed by atoms with van der Waals surface area (Å²) < 4.78 is 17.2. The fourth-order valence-corrected chi connectivity index (χ4v) is 9.79. The molecule has 0 aliphatic rings. The molecule has 3 nitrogen and oxygen atoms in total. The third kappa shape index (κ3) is 4.82. The molecule has 7 aromatic carbocycles. The van der Waals surface area contributed by atoms with Gasteiger partial charge in [0.05, 0.1) is 22.2 Å². The maximum absolute atomic E-state index is 14.9. The maximum Gasteiger partial charge on any atom is 0.171 e. The van der Waals surface area contributed by atoms with Crippen molar-refractivity contribution in [2.24, 2.45) is 0 Å². The molecule has 0 spiro atoms. The Bertz CT molecular complexity index is 2600. The lowest BCUT2D eigenvalue weighted by Gasteiger charge is -2.20. The highest BCUT2D eigenvalue weighted by Crippen LogP contribution is 2.43. The van der Waals surface area contributed by atoms with E-state index in [1.165, 1.54) is 10.8 Å². The number of benzene rings is 7. The van der Waals surface area contributed by atoms with Gasteiger partial charge in [-0.3, -0.25) is 0 Å². The lowest BCUT2D eigenvalue weighted by molar-refractivity contribution is 0.592. The Balaban J connectivity index is 1.17. The fraction of sp³-hybridized carbons (Fsp3) is 0. The molecule has 0 saturated carbocycles. The number of para-hydroxylation sites is 3. The van der Waals surface area contributed by atoms with Gasteiger partial charge in [-0.15, -0.1) is 0 Å². The molecule has 9 aromatic rings. The molecule has 0 radical (unpaired) electrons. The van der Waals surface area contributed by atoms with Crippen LogP contribution in [0.3, 0.4) is 0 Å². The Labute approximate surface area is 285 Å². The minimum atomic E-state index is -3.03. The molecule has 0 aliphatic heterocycles. The zero-order valence-electron chi connectivity index (χ0n) is 26.6. The molecule has 0 unspecified atom stereocenters. The van der Waals surface area contributed by atoms with Crippen LogP contribution in [0, 0.1) is 0 Å². The first-order valence-electron chi connectivity index (χ1n) is 16.5. The van der Waals surface area contributed by atoms with E-state index in [9.17, 15) is 4.57 Å². The molecule has 0 aliphatic carbocycles. The second kappa shape index (κ2) is 11.9. The third-order valence-electron chi connectivity index (χ3n) is 9.48. The van der Waals surface area contributed by atoms with Gasteiger partial charge in [0.2, 0.25) is 0 Å². The van der Waals surface area contributed by atoms with Crippen molar-refractivity contribution in [2.45, 2.75) is 0 Å². The van der Waals surface area contributed by atoms with Gasteiger partial charge in [0.25, 0.3) is 0 Å². The predicted molar refractivity (Wildman–Crippen MR) is 206 cm³/mol.